The summed E-state index contributed by atoms with van der Waals surface area (Å²) in [6.45, 7) is 2.62. The number of nitrogens with one attached hydrogen (secondary N) is 1. The zero-order chi connectivity index (χ0) is 9.97. The Kier molecular flexibility index (Phi) is 2.95. The van der Waals surface area contributed by atoms with E-state index in [9.17, 15) is 0 Å². The first-order valence-corrected chi connectivity index (χ1v) is 5.38. The van der Waals surface area contributed by atoms with E-state index in [1.807, 2.05) is 7.05 Å². The summed E-state index contributed by atoms with van der Waals surface area (Å²) in [6.07, 6.45) is 0.0344. The molecule has 2 rings (SSSR count). The highest BCUT2D eigenvalue weighted by Crippen LogP contribution is 2.21. The average Bonchev–Trinajstić information content (AvgIpc) is 2.66. The Morgan fingerprint density at radius 3 is 3.14 bits per heavy atom. The largest absolute Gasteiger partial charge is 0.367 e. The fourth-order valence-corrected chi connectivity index (χ4v) is 1.97. The number of aromatic nitrogens is 2. The zero-order valence-corrected chi connectivity index (χ0v) is 9.17. The van der Waals surface area contributed by atoms with Gasteiger partial charge < -0.3 is 15.0 Å². The molecule has 1 fully saturated rings. The first kappa shape index (κ1) is 9.82. The van der Waals surface area contributed by atoms with Crippen LogP contribution in [0.25, 0.3) is 0 Å². The first-order chi connectivity index (χ1) is 6.79. The molecule has 0 amide bonds. The zero-order valence-electron chi connectivity index (χ0n) is 8.36. The van der Waals surface area contributed by atoms with Crippen LogP contribution in [-0.4, -0.2) is 48.0 Å². The van der Waals surface area contributed by atoms with E-state index in [-0.39, 0.29) is 6.10 Å². The van der Waals surface area contributed by atoms with E-state index >= 15 is 0 Å². The first-order valence-electron chi connectivity index (χ1n) is 4.61. The lowest BCUT2D eigenvalue weighted by molar-refractivity contribution is -0.0248. The fraction of sp³-hybridized carbons (Fsp3) is 0.750. The van der Waals surface area contributed by atoms with Gasteiger partial charge in [-0.25, -0.2) is 4.98 Å². The second kappa shape index (κ2) is 4.20. The lowest BCUT2D eigenvalue weighted by Gasteiger charge is -2.28. The highest BCUT2D eigenvalue weighted by atomic mass is 32.1. The number of likely N-dealkylation sites (N-methyl/N-ethyl adjacent to an activating group) is 1. The molecule has 1 aliphatic rings. The average molecular weight is 214 g/mol. The Hall–Kier alpha value is -0.720. The lowest BCUT2D eigenvalue weighted by atomic mass is 10.3. The number of hydrogen-bond acceptors (Lipinski definition) is 6. The number of anilines is 1. The molecule has 2 heterocycles. The monoisotopic (exact) mass is 214 g/mol. The van der Waals surface area contributed by atoms with Crippen LogP contribution in [0.4, 0.5) is 5.13 Å². The van der Waals surface area contributed by atoms with Crippen LogP contribution >= 0.6 is 11.5 Å². The Morgan fingerprint density at radius 1 is 1.64 bits per heavy atom. The molecule has 1 unspecified atom stereocenters. The Balaban J connectivity index is 2.06. The normalized spacial score (nSPS) is 23.7. The van der Waals surface area contributed by atoms with E-state index in [1.165, 1.54) is 11.5 Å². The van der Waals surface area contributed by atoms with Crippen LogP contribution in [0.2, 0.25) is 0 Å². The lowest BCUT2D eigenvalue weighted by Crippen LogP contribution is -2.35. The van der Waals surface area contributed by atoms with Gasteiger partial charge in [-0.3, -0.25) is 0 Å². The molecule has 0 aromatic carbocycles. The summed E-state index contributed by atoms with van der Waals surface area (Å²) < 4.78 is 9.87. The molecule has 14 heavy (non-hydrogen) atoms. The van der Waals surface area contributed by atoms with Gasteiger partial charge in [-0.15, -0.1) is 0 Å². The smallest absolute Gasteiger partial charge is 0.202 e. The van der Waals surface area contributed by atoms with Crippen LogP contribution in [0.5, 0.6) is 0 Å². The molecule has 0 saturated carbocycles. The summed E-state index contributed by atoms with van der Waals surface area (Å²) in [4.78, 5) is 6.56. The van der Waals surface area contributed by atoms with Crippen molar-refractivity contribution in [3.8, 4) is 0 Å². The molecule has 1 aromatic rings. The summed E-state index contributed by atoms with van der Waals surface area (Å²) in [5.74, 6) is 0.797. The quantitative estimate of drug-likeness (QED) is 0.780. The molecule has 1 N–H and O–H groups in total. The van der Waals surface area contributed by atoms with E-state index in [1.54, 1.807) is 0 Å². The molecule has 0 aliphatic carbocycles. The molecule has 1 saturated heterocycles. The molecule has 0 spiro atoms. The van der Waals surface area contributed by atoms with Gasteiger partial charge in [0.05, 0.1) is 6.61 Å². The highest BCUT2D eigenvalue weighted by Gasteiger charge is 2.23. The fourth-order valence-electron chi connectivity index (χ4n) is 1.40. The van der Waals surface area contributed by atoms with Crippen molar-refractivity contribution in [2.75, 3.05) is 39.1 Å². The summed E-state index contributed by atoms with van der Waals surface area (Å²) in [5, 5.41) is 3.82. The van der Waals surface area contributed by atoms with Crippen LogP contribution in [0.15, 0.2) is 0 Å². The number of rotatable bonds is 2. The van der Waals surface area contributed by atoms with Crippen LogP contribution in [0.3, 0.4) is 0 Å². The van der Waals surface area contributed by atoms with Crippen molar-refractivity contribution in [2.24, 2.45) is 0 Å². The van der Waals surface area contributed by atoms with Gasteiger partial charge in [-0.05, 0) is 7.05 Å². The maximum absolute atomic E-state index is 5.60. The van der Waals surface area contributed by atoms with E-state index < -0.39 is 0 Å². The van der Waals surface area contributed by atoms with Gasteiger partial charge >= 0.3 is 0 Å². The van der Waals surface area contributed by atoms with Crippen molar-refractivity contribution in [1.82, 2.24) is 14.3 Å². The Labute approximate surface area is 87.3 Å². The van der Waals surface area contributed by atoms with Crippen LogP contribution in [0, 0.1) is 0 Å². The van der Waals surface area contributed by atoms with Crippen molar-refractivity contribution in [1.29, 1.82) is 0 Å². The second-order valence-electron chi connectivity index (χ2n) is 3.33. The standard InChI is InChI=1S/C8H14N4OS/c1-9-8-10-7(11-14-8)6-5-12(2)3-4-13-6/h6H,3-5H2,1-2H3,(H,9,10,11). The summed E-state index contributed by atoms with van der Waals surface area (Å²) >= 11 is 1.37. The molecule has 0 bridgehead atoms. The van der Waals surface area contributed by atoms with Gasteiger partial charge in [0.15, 0.2) is 5.82 Å². The maximum Gasteiger partial charge on any atom is 0.202 e. The third-order valence-electron chi connectivity index (χ3n) is 2.21. The van der Waals surface area contributed by atoms with Crippen LogP contribution in [0.1, 0.15) is 11.9 Å². The number of nitrogens with zero attached hydrogens (tertiary/aromatic N) is 3. The van der Waals surface area contributed by atoms with Crippen molar-refractivity contribution in [2.45, 2.75) is 6.10 Å². The molecule has 1 atom stereocenters. The molecule has 78 valence electrons. The van der Waals surface area contributed by atoms with Gasteiger partial charge in [-0.2, -0.15) is 4.37 Å². The summed E-state index contributed by atoms with van der Waals surface area (Å²) in [5.41, 5.74) is 0. The third kappa shape index (κ3) is 2.02. The summed E-state index contributed by atoms with van der Waals surface area (Å²) in [6, 6.07) is 0. The molecule has 1 aromatic heterocycles. The van der Waals surface area contributed by atoms with E-state index in [0.29, 0.717) is 0 Å². The SMILES string of the molecule is CNc1nc(C2CN(C)CCO2)ns1. The molecule has 6 heteroatoms. The highest BCUT2D eigenvalue weighted by molar-refractivity contribution is 7.09. The topological polar surface area (TPSA) is 50.3 Å². The van der Waals surface area contributed by atoms with Crippen molar-refractivity contribution >= 4 is 16.7 Å². The third-order valence-corrected chi connectivity index (χ3v) is 2.96. The minimum Gasteiger partial charge on any atom is -0.367 e. The van der Waals surface area contributed by atoms with Crippen molar-refractivity contribution in [3.05, 3.63) is 5.82 Å². The molecule has 1 aliphatic heterocycles. The van der Waals surface area contributed by atoms with Crippen molar-refractivity contribution < 1.29 is 4.74 Å². The van der Waals surface area contributed by atoms with Gasteiger partial charge in [0.2, 0.25) is 5.13 Å². The predicted molar refractivity (Wildman–Crippen MR) is 55.6 cm³/mol. The van der Waals surface area contributed by atoms with Crippen molar-refractivity contribution in [3.63, 3.8) is 0 Å². The van der Waals surface area contributed by atoms with Gasteiger partial charge in [0, 0.05) is 31.7 Å². The van der Waals surface area contributed by atoms with Gasteiger partial charge in [-0.1, -0.05) is 0 Å². The van der Waals surface area contributed by atoms with E-state index in [2.05, 4.69) is 26.6 Å². The van der Waals surface area contributed by atoms with E-state index in [0.717, 1.165) is 30.7 Å². The van der Waals surface area contributed by atoms with Crippen LogP contribution < -0.4 is 5.32 Å². The predicted octanol–water partition coefficient (Wildman–Crippen LogP) is 0.583. The Morgan fingerprint density at radius 2 is 2.50 bits per heavy atom. The minimum atomic E-state index is 0.0344. The van der Waals surface area contributed by atoms with E-state index in [4.69, 9.17) is 4.74 Å². The number of ether oxygens (including phenoxy) is 1. The van der Waals surface area contributed by atoms with Gasteiger partial charge in [0.1, 0.15) is 6.10 Å². The molecule has 0 radical (unpaired) electrons. The number of hydrogen-bond donors (Lipinski definition) is 1. The Bertz CT molecular complexity index is 303. The molecule has 5 nitrogen and oxygen atoms in total. The summed E-state index contributed by atoms with van der Waals surface area (Å²) in [7, 11) is 3.93. The maximum atomic E-state index is 5.60. The minimum absolute atomic E-state index is 0.0344. The molecular formula is C8H14N4OS. The van der Waals surface area contributed by atoms with Crippen LogP contribution in [-0.2, 0) is 4.74 Å². The number of morpholine rings is 1. The second-order valence-corrected chi connectivity index (χ2v) is 4.08. The molecular weight excluding hydrogens is 200 g/mol. The van der Waals surface area contributed by atoms with Gasteiger partial charge in [0.25, 0.3) is 0 Å².